The van der Waals surface area contributed by atoms with Crippen molar-refractivity contribution >= 4 is 41.4 Å². The van der Waals surface area contributed by atoms with E-state index in [1.807, 2.05) is 18.2 Å². The third-order valence-electron chi connectivity index (χ3n) is 4.25. The topological polar surface area (TPSA) is 105 Å². The van der Waals surface area contributed by atoms with Gasteiger partial charge in [-0.3, -0.25) is 4.79 Å². The number of para-hydroxylation sites is 1. The molecule has 2 aromatic rings. The molecule has 1 aliphatic heterocycles. The Labute approximate surface area is 164 Å². The number of carbonyl (C=O) groups is 2. The standard InChI is InChI=1S/C19H22N4O3.ClH/c20-19(9-11-26-12-10-19)17(24)21-15-7-4-8-16(13-15)23-18(25)22-14-5-2-1-3-6-14;/h1-8,13H,9-12,20H2,(H,21,24)(H2,22,23,25);1H. The van der Waals surface area contributed by atoms with Gasteiger partial charge in [0.25, 0.3) is 0 Å². The van der Waals surface area contributed by atoms with Crippen LogP contribution in [0.1, 0.15) is 12.8 Å². The first kappa shape index (κ1) is 20.7. The lowest BCUT2D eigenvalue weighted by Gasteiger charge is -2.31. The Bertz CT molecular complexity index is 780. The molecule has 0 radical (unpaired) electrons. The molecule has 0 aromatic heterocycles. The number of halogens is 1. The average molecular weight is 391 g/mol. The third kappa shape index (κ3) is 5.68. The maximum Gasteiger partial charge on any atom is 0.323 e. The third-order valence-corrected chi connectivity index (χ3v) is 4.25. The fourth-order valence-corrected chi connectivity index (χ4v) is 2.71. The van der Waals surface area contributed by atoms with Gasteiger partial charge < -0.3 is 26.4 Å². The van der Waals surface area contributed by atoms with Gasteiger partial charge in [0.1, 0.15) is 5.54 Å². The molecule has 7 nitrogen and oxygen atoms in total. The zero-order chi connectivity index (χ0) is 18.4. The first-order valence-electron chi connectivity index (χ1n) is 8.46. The lowest BCUT2D eigenvalue weighted by molar-refractivity contribution is -0.124. The Morgan fingerprint density at radius 2 is 1.41 bits per heavy atom. The molecule has 27 heavy (non-hydrogen) atoms. The highest BCUT2D eigenvalue weighted by Gasteiger charge is 2.35. The second-order valence-electron chi connectivity index (χ2n) is 6.25. The quantitative estimate of drug-likeness (QED) is 0.643. The Morgan fingerprint density at radius 3 is 2.07 bits per heavy atom. The normalized spacial score (nSPS) is 15.1. The van der Waals surface area contributed by atoms with Crippen LogP contribution in [0.25, 0.3) is 0 Å². The predicted molar refractivity (Wildman–Crippen MR) is 108 cm³/mol. The van der Waals surface area contributed by atoms with Gasteiger partial charge in [0.15, 0.2) is 0 Å². The molecule has 0 saturated carbocycles. The molecule has 3 amide bonds. The van der Waals surface area contributed by atoms with Crippen LogP contribution in [-0.4, -0.2) is 30.7 Å². The van der Waals surface area contributed by atoms with Gasteiger partial charge in [-0.15, -0.1) is 12.4 Å². The van der Waals surface area contributed by atoms with Crippen LogP contribution >= 0.6 is 12.4 Å². The second-order valence-corrected chi connectivity index (χ2v) is 6.25. The average Bonchev–Trinajstić information content (AvgIpc) is 2.63. The Balaban J connectivity index is 0.00000261. The summed E-state index contributed by atoms with van der Waals surface area (Å²) in [7, 11) is 0. The van der Waals surface area contributed by atoms with E-state index in [1.165, 1.54) is 0 Å². The van der Waals surface area contributed by atoms with E-state index in [9.17, 15) is 9.59 Å². The molecule has 1 saturated heterocycles. The molecular formula is C19H23ClN4O3. The molecule has 0 atom stereocenters. The summed E-state index contributed by atoms with van der Waals surface area (Å²) in [4.78, 5) is 24.5. The fourth-order valence-electron chi connectivity index (χ4n) is 2.71. The minimum absolute atomic E-state index is 0. The van der Waals surface area contributed by atoms with E-state index in [0.717, 1.165) is 0 Å². The predicted octanol–water partition coefficient (Wildman–Crippen LogP) is 3.20. The molecule has 0 bridgehead atoms. The maximum absolute atomic E-state index is 12.5. The largest absolute Gasteiger partial charge is 0.381 e. The number of rotatable bonds is 4. The van der Waals surface area contributed by atoms with Gasteiger partial charge in [0.2, 0.25) is 5.91 Å². The number of nitrogens with two attached hydrogens (primary N) is 1. The number of hydrogen-bond acceptors (Lipinski definition) is 4. The minimum atomic E-state index is -0.924. The molecule has 1 aliphatic rings. The van der Waals surface area contributed by atoms with Gasteiger partial charge in [0.05, 0.1) is 0 Å². The summed E-state index contributed by atoms with van der Waals surface area (Å²) in [5.41, 5.74) is 7.09. The van der Waals surface area contributed by atoms with E-state index >= 15 is 0 Å². The number of carbonyl (C=O) groups excluding carboxylic acids is 2. The van der Waals surface area contributed by atoms with Gasteiger partial charge in [0, 0.05) is 30.3 Å². The number of anilines is 3. The molecule has 3 rings (SSSR count). The van der Waals surface area contributed by atoms with Crippen LogP contribution in [0.15, 0.2) is 54.6 Å². The number of amides is 3. The molecule has 1 heterocycles. The zero-order valence-corrected chi connectivity index (χ0v) is 15.6. The maximum atomic E-state index is 12.5. The number of urea groups is 1. The van der Waals surface area contributed by atoms with Crippen molar-refractivity contribution in [1.82, 2.24) is 0 Å². The van der Waals surface area contributed by atoms with Crippen molar-refractivity contribution in [2.45, 2.75) is 18.4 Å². The van der Waals surface area contributed by atoms with Crippen LogP contribution in [0, 0.1) is 0 Å². The van der Waals surface area contributed by atoms with Gasteiger partial charge in [-0.05, 0) is 43.2 Å². The molecule has 8 heteroatoms. The van der Waals surface area contributed by atoms with E-state index in [-0.39, 0.29) is 24.3 Å². The van der Waals surface area contributed by atoms with E-state index in [1.54, 1.807) is 36.4 Å². The number of hydrogen-bond donors (Lipinski definition) is 4. The van der Waals surface area contributed by atoms with Crippen molar-refractivity contribution in [2.75, 3.05) is 29.2 Å². The Kier molecular flexibility index (Phi) is 7.18. The first-order chi connectivity index (χ1) is 12.5. The highest BCUT2D eigenvalue weighted by Crippen LogP contribution is 2.22. The second kappa shape index (κ2) is 9.36. The van der Waals surface area contributed by atoms with E-state index in [0.29, 0.717) is 43.1 Å². The van der Waals surface area contributed by atoms with Gasteiger partial charge in [-0.2, -0.15) is 0 Å². The van der Waals surface area contributed by atoms with Crippen LogP contribution in [0.3, 0.4) is 0 Å². The summed E-state index contributed by atoms with van der Waals surface area (Å²) in [5.74, 6) is -0.244. The summed E-state index contributed by atoms with van der Waals surface area (Å²) in [6.07, 6.45) is 0.965. The lowest BCUT2D eigenvalue weighted by Crippen LogP contribution is -2.54. The summed E-state index contributed by atoms with van der Waals surface area (Å²) >= 11 is 0. The molecular weight excluding hydrogens is 368 g/mol. The van der Waals surface area contributed by atoms with Gasteiger partial charge in [-0.25, -0.2) is 4.79 Å². The molecule has 1 fully saturated rings. The lowest BCUT2D eigenvalue weighted by atomic mass is 9.90. The summed E-state index contributed by atoms with van der Waals surface area (Å²) < 4.78 is 5.26. The van der Waals surface area contributed by atoms with E-state index in [2.05, 4.69) is 16.0 Å². The van der Waals surface area contributed by atoms with Crippen molar-refractivity contribution < 1.29 is 14.3 Å². The fraction of sp³-hybridized carbons (Fsp3) is 0.263. The van der Waals surface area contributed by atoms with Crippen molar-refractivity contribution in [3.63, 3.8) is 0 Å². The summed E-state index contributed by atoms with van der Waals surface area (Å²) in [6.45, 7) is 0.955. The van der Waals surface area contributed by atoms with Crippen molar-refractivity contribution in [3.8, 4) is 0 Å². The number of benzene rings is 2. The van der Waals surface area contributed by atoms with E-state index < -0.39 is 5.54 Å². The van der Waals surface area contributed by atoms with Crippen LogP contribution < -0.4 is 21.7 Å². The Hall–Kier alpha value is -2.61. The molecule has 0 unspecified atom stereocenters. The smallest absolute Gasteiger partial charge is 0.323 e. The monoisotopic (exact) mass is 390 g/mol. The number of nitrogens with one attached hydrogen (secondary N) is 3. The molecule has 5 N–H and O–H groups in total. The van der Waals surface area contributed by atoms with Crippen molar-refractivity contribution in [1.29, 1.82) is 0 Å². The SMILES string of the molecule is Cl.NC1(C(=O)Nc2cccc(NC(=O)Nc3ccccc3)c2)CCOCC1. The van der Waals surface area contributed by atoms with Crippen LogP contribution in [0.4, 0.5) is 21.9 Å². The summed E-state index contributed by atoms with van der Waals surface area (Å²) in [6, 6.07) is 15.7. The van der Waals surface area contributed by atoms with Gasteiger partial charge in [-0.1, -0.05) is 24.3 Å². The van der Waals surface area contributed by atoms with Crippen LogP contribution in [-0.2, 0) is 9.53 Å². The first-order valence-corrected chi connectivity index (χ1v) is 8.46. The van der Waals surface area contributed by atoms with E-state index in [4.69, 9.17) is 10.5 Å². The highest BCUT2D eigenvalue weighted by atomic mass is 35.5. The number of ether oxygens (including phenoxy) is 1. The van der Waals surface area contributed by atoms with Crippen molar-refractivity contribution in [2.24, 2.45) is 5.73 Å². The van der Waals surface area contributed by atoms with Crippen molar-refractivity contribution in [3.05, 3.63) is 54.6 Å². The molecule has 144 valence electrons. The molecule has 2 aromatic carbocycles. The summed E-state index contributed by atoms with van der Waals surface area (Å²) in [5, 5.41) is 8.30. The highest BCUT2D eigenvalue weighted by molar-refractivity contribution is 6.01. The Morgan fingerprint density at radius 1 is 0.852 bits per heavy atom. The van der Waals surface area contributed by atoms with Crippen LogP contribution in [0.2, 0.25) is 0 Å². The minimum Gasteiger partial charge on any atom is -0.381 e. The van der Waals surface area contributed by atoms with Crippen LogP contribution in [0.5, 0.6) is 0 Å². The molecule has 0 aliphatic carbocycles. The zero-order valence-electron chi connectivity index (χ0n) is 14.7. The molecule has 0 spiro atoms. The van der Waals surface area contributed by atoms with Gasteiger partial charge >= 0.3 is 6.03 Å².